The van der Waals surface area contributed by atoms with Gasteiger partial charge in [0.05, 0.1) is 0 Å². The summed E-state index contributed by atoms with van der Waals surface area (Å²) in [4.78, 5) is 10.2. The first-order chi connectivity index (χ1) is 8.52. The van der Waals surface area contributed by atoms with Gasteiger partial charge in [0.2, 0.25) is 12.3 Å². The maximum atomic E-state index is 10.3. The van der Waals surface area contributed by atoms with Crippen LogP contribution in [0.25, 0.3) is 0 Å². The summed E-state index contributed by atoms with van der Waals surface area (Å²) in [5.74, 6) is 1.59. The highest BCUT2D eigenvalue weighted by molar-refractivity contribution is 5.81. The summed E-state index contributed by atoms with van der Waals surface area (Å²) in [6, 6.07) is 0.371. The number of hydrogen-bond donors (Lipinski definition) is 1. The van der Waals surface area contributed by atoms with Crippen LogP contribution in [-0.4, -0.2) is 59.3 Å². The number of aliphatic imine (C=N–C) groups is 1. The monoisotopic (exact) mass is 252 g/mol. The summed E-state index contributed by atoms with van der Waals surface area (Å²) < 4.78 is 0. The Morgan fingerprint density at radius 1 is 1.28 bits per heavy atom. The molecule has 5 heteroatoms. The van der Waals surface area contributed by atoms with Gasteiger partial charge >= 0.3 is 0 Å². The summed E-state index contributed by atoms with van der Waals surface area (Å²) in [6.45, 7) is 4.12. The highest BCUT2D eigenvalue weighted by Crippen LogP contribution is 2.29. The van der Waals surface area contributed by atoms with Gasteiger partial charge < -0.3 is 19.8 Å². The number of guanidine groups is 1. The van der Waals surface area contributed by atoms with Crippen LogP contribution in [0.2, 0.25) is 0 Å². The molecule has 102 valence electrons. The lowest BCUT2D eigenvalue weighted by Crippen LogP contribution is -2.54. The van der Waals surface area contributed by atoms with Crippen LogP contribution in [0.15, 0.2) is 17.4 Å². The van der Waals surface area contributed by atoms with E-state index in [2.05, 4.69) is 11.6 Å². The van der Waals surface area contributed by atoms with E-state index in [1.54, 1.807) is 0 Å². The molecule has 1 heterocycles. The summed E-state index contributed by atoms with van der Waals surface area (Å²) >= 11 is 0. The Morgan fingerprint density at radius 3 is 2.44 bits per heavy atom. The van der Waals surface area contributed by atoms with Gasteiger partial charge in [0.25, 0.3) is 0 Å². The molecule has 1 fully saturated rings. The van der Waals surface area contributed by atoms with E-state index in [1.165, 1.54) is 19.3 Å². The van der Waals surface area contributed by atoms with E-state index >= 15 is 0 Å². The van der Waals surface area contributed by atoms with Crippen molar-refractivity contribution in [2.24, 2.45) is 4.99 Å². The van der Waals surface area contributed by atoms with Gasteiger partial charge in [-0.05, 0) is 12.8 Å². The second-order valence-corrected chi connectivity index (χ2v) is 5.34. The number of nitrogens with zero attached hydrogens (tertiary/aromatic N) is 4. The molecule has 1 atom stereocenters. The summed E-state index contributed by atoms with van der Waals surface area (Å²) in [6.07, 6.45) is 5.21. The average molecular weight is 252 g/mol. The van der Waals surface area contributed by atoms with Crippen LogP contribution in [0.4, 0.5) is 0 Å². The van der Waals surface area contributed by atoms with E-state index in [-0.39, 0.29) is 0 Å². The third kappa shape index (κ3) is 2.32. The maximum Gasteiger partial charge on any atom is 0.230 e. The zero-order chi connectivity index (χ0) is 13.3. The Hall–Kier alpha value is -1.23. The van der Waals surface area contributed by atoms with Gasteiger partial charge in [-0.1, -0.05) is 25.8 Å². The third-order valence-electron chi connectivity index (χ3n) is 3.83. The van der Waals surface area contributed by atoms with Crippen molar-refractivity contribution < 1.29 is 5.11 Å². The van der Waals surface area contributed by atoms with Crippen LogP contribution in [-0.2, 0) is 0 Å². The fourth-order valence-corrected chi connectivity index (χ4v) is 2.85. The molecule has 0 aromatic heterocycles. The number of aliphatic hydroxyl groups excluding tert-OH is 1. The van der Waals surface area contributed by atoms with Gasteiger partial charge in [-0.25, -0.2) is 0 Å². The van der Waals surface area contributed by atoms with Gasteiger partial charge in [-0.15, -0.1) is 0 Å². The van der Waals surface area contributed by atoms with Crippen molar-refractivity contribution in [3.05, 3.63) is 12.4 Å². The minimum absolute atomic E-state index is 0.371. The smallest absolute Gasteiger partial charge is 0.230 e. The zero-order valence-electron chi connectivity index (χ0n) is 11.6. The van der Waals surface area contributed by atoms with Crippen LogP contribution in [0.1, 0.15) is 32.1 Å². The SMILES string of the molecule is C=C1N(C)C(N(C)C)=NC(O)N1C1CCCCC1. The molecule has 0 bridgehead atoms. The molecule has 18 heavy (non-hydrogen) atoms. The molecule has 5 nitrogen and oxygen atoms in total. The third-order valence-corrected chi connectivity index (χ3v) is 3.83. The van der Waals surface area contributed by atoms with Gasteiger partial charge in [0.15, 0.2) is 0 Å². The first-order valence-corrected chi connectivity index (χ1v) is 6.66. The van der Waals surface area contributed by atoms with Crippen molar-refractivity contribution in [1.82, 2.24) is 14.7 Å². The van der Waals surface area contributed by atoms with E-state index in [1.807, 2.05) is 35.8 Å². The zero-order valence-corrected chi connectivity index (χ0v) is 11.6. The minimum Gasteiger partial charge on any atom is -0.355 e. The highest BCUT2D eigenvalue weighted by atomic mass is 16.3. The van der Waals surface area contributed by atoms with Crippen molar-refractivity contribution in [3.8, 4) is 0 Å². The Kier molecular flexibility index (Phi) is 3.80. The van der Waals surface area contributed by atoms with Gasteiger partial charge in [0, 0.05) is 27.2 Å². The lowest BCUT2D eigenvalue weighted by Gasteiger charge is -2.45. The molecular formula is C13H24N4O. The molecule has 1 saturated carbocycles. The van der Waals surface area contributed by atoms with Crippen LogP contribution in [0, 0.1) is 0 Å². The summed E-state index contributed by atoms with van der Waals surface area (Å²) in [5, 5.41) is 10.3. The molecule has 2 rings (SSSR count). The van der Waals surface area contributed by atoms with Gasteiger partial charge in [-0.2, -0.15) is 4.99 Å². The first kappa shape index (κ1) is 13.2. The number of hydrogen-bond acceptors (Lipinski definition) is 5. The van der Waals surface area contributed by atoms with Crippen LogP contribution >= 0.6 is 0 Å². The predicted octanol–water partition coefficient (Wildman–Crippen LogP) is 1.23. The molecule has 0 aromatic carbocycles. The Labute approximate surface area is 109 Å². The Bertz CT molecular complexity index is 347. The standard InChI is InChI=1S/C13H24N4O/c1-10-16(4)12(15(2)3)14-13(18)17(10)11-8-6-5-7-9-11/h11,13,18H,1,5-9H2,2-4H3. The van der Waals surface area contributed by atoms with Crippen LogP contribution in [0.3, 0.4) is 0 Å². The molecule has 0 radical (unpaired) electrons. The van der Waals surface area contributed by atoms with Crippen LogP contribution in [0.5, 0.6) is 0 Å². The van der Waals surface area contributed by atoms with E-state index in [0.29, 0.717) is 6.04 Å². The normalized spacial score (nSPS) is 26.3. The molecule has 0 amide bonds. The number of aliphatic hydroxyl groups is 1. The molecular weight excluding hydrogens is 228 g/mol. The second kappa shape index (κ2) is 5.18. The lowest BCUT2D eigenvalue weighted by atomic mass is 9.94. The molecule has 0 aromatic rings. The first-order valence-electron chi connectivity index (χ1n) is 6.66. The summed E-state index contributed by atoms with van der Waals surface area (Å²) in [5.41, 5.74) is 0. The number of rotatable bonds is 1. The Balaban J connectivity index is 2.20. The fraction of sp³-hybridized carbons (Fsp3) is 0.769. The van der Waals surface area contributed by atoms with Crippen molar-refractivity contribution in [2.45, 2.75) is 44.5 Å². The van der Waals surface area contributed by atoms with E-state index in [4.69, 9.17) is 0 Å². The van der Waals surface area contributed by atoms with E-state index in [0.717, 1.165) is 24.6 Å². The van der Waals surface area contributed by atoms with E-state index < -0.39 is 6.35 Å². The average Bonchev–Trinajstić information content (AvgIpc) is 2.35. The molecule has 1 aliphatic heterocycles. The van der Waals surface area contributed by atoms with Gasteiger partial charge in [0.1, 0.15) is 5.82 Å². The Morgan fingerprint density at radius 2 is 1.89 bits per heavy atom. The largest absolute Gasteiger partial charge is 0.355 e. The molecule has 0 spiro atoms. The van der Waals surface area contributed by atoms with Crippen molar-refractivity contribution in [3.63, 3.8) is 0 Å². The van der Waals surface area contributed by atoms with Crippen LogP contribution < -0.4 is 0 Å². The molecule has 1 N–H and O–H groups in total. The molecule has 1 unspecified atom stereocenters. The second-order valence-electron chi connectivity index (χ2n) is 5.34. The van der Waals surface area contributed by atoms with Gasteiger partial charge in [-0.3, -0.25) is 0 Å². The van der Waals surface area contributed by atoms with Crippen molar-refractivity contribution in [1.29, 1.82) is 0 Å². The predicted molar refractivity (Wildman–Crippen MR) is 72.7 cm³/mol. The highest BCUT2D eigenvalue weighted by Gasteiger charge is 2.34. The topological polar surface area (TPSA) is 42.3 Å². The summed E-state index contributed by atoms with van der Waals surface area (Å²) in [7, 11) is 5.79. The quantitative estimate of drug-likeness (QED) is 0.762. The molecule has 1 aliphatic carbocycles. The fourth-order valence-electron chi connectivity index (χ4n) is 2.85. The molecule has 0 saturated heterocycles. The van der Waals surface area contributed by atoms with Crippen molar-refractivity contribution >= 4 is 5.96 Å². The maximum absolute atomic E-state index is 10.3. The minimum atomic E-state index is -0.797. The van der Waals surface area contributed by atoms with Crippen molar-refractivity contribution in [2.75, 3.05) is 21.1 Å². The lowest BCUT2D eigenvalue weighted by molar-refractivity contribution is -0.0268. The molecule has 2 aliphatic rings. The van der Waals surface area contributed by atoms with E-state index in [9.17, 15) is 5.11 Å².